The van der Waals surface area contributed by atoms with Crippen LogP contribution in [0.5, 0.6) is 0 Å². The summed E-state index contributed by atoms with van der Waals surface area (Å²) in [7, 11) is 3.91. The molecule has 0 fully saturated rings. The number of nitrogens with one attached hydrogen (secondary N) is 1. The maximum absolute atomic E-state index is 4.52. The minimum Gasteiger partial charge on any atom is -0.316 e. The third-order valence-corrected chi connectivity index (χ3v) is 2.56. The maximum atomic E-state index is 4.52. The quantitative estimate of drug-likeness (QED) is 0.850. The molecule has 0 saturated carbocycles. The van der Waals surface area contributed by atoms with Gasteiger partial charge in [-0.3, -0.25) is 4.68 Å². The highest BCUT2D eigenvalue weighted by molar-refractivity contribution is 5.63. The first-order chi connectivity index (χ1) is 7.70. The molecule has 3 heteroatoms. The second-order valence-electron chi connectivity index (χ2n) is 4.08. The highest BCUT2D eigenvalue weighted by Gasteiger charge is 2.08. The fraction of sp³-hybridized carbons (Fsp3) is 0.308. The second kappa shape index (κ2) is 4.49. The first-order valence-corrected chi connectivity index (χ1v) is 5.45. The Morgan fingerprint density at radius 3 is 2.88 bits per heavy atom. The highest BCUT2D eigenvalue weighted by atomic mass is 15.3. The van der Waals surface area contributed by atoms with E-state index in [1.165, 1.54) is 16.7 Å². The third-order valence-electron chi connectivity index (χ3n) is 2.56. The van der Waals surface area contributed by atoms with E-state index in [9.17, 15) is 0 Å². The Kier molecular flexibility index (Phi) is 3.06. The normalized spacial score (nSPS) is 10.7. The molecule has 0 bridgehead atoms. The largest absolute Gasteiger partial charge is 0.316 e. The van der Waals surface area contributed by atoms with Crippen molar-refractivity contribution in [3.8, 4) is 11.3 Å². The van der Waals surface area contributed by atoms with Crippen LogP contribution in [0.25, 0.3) is 11.3 Å². The highest BCUT2D eigenvalue weighted by Crippen LogP contribution is 2.22. The second-order valence-corrected chi connectivity index (χ2v) is 4.08. The van der Waals surface area contributed by atoms with E-state index in [1.807, 2.05) is 18.8 Å². The van der Waals surface area contributed by atoms with E-state index in [4.69, 9.17) is 0 Å². The molecule has 1 N–H and O–H groups in total. The summed E-state index contributed by atoms with van der Waals surface area (Å²) in [6.45, 7) is 2.95. The van der Waals surface area contributed by atoms with Crippen LogP contribution in [0.15, 0.2) is 30.5 Å². The molecule has 0 saturated heterocycles. The molecule has 3 nitrogen and oxygen atoms in total. The van der Waals surface area contributed by atoms with Crippen molar-refractivity contribution >= 4 is 0 Å². The van der Waals surface area contributed by atoms with Crippen molar-refractivity contribution < 1.29 is 0 Å². The lowest BCUT2D eigenvalue weighted by Gasteiger charge is -2.02. The van der Waals surface area contributed by atoms with Gasteiger partial charge in [0.1, 0.15) is 0 Å². The Balaban J connectivity index is 2.46. The molecule has 0 atom stereocenters. The van der Waals surface area contributed by atoms with E-state index in [1.54, 1.807) is 0 Å². The number of aryl methyl sites for hydroxylation is 2. The monoisotopic (exact) mass is 215 g/mol. The molecule has 0 aliphatic heterocycles. The van der Waals surface area contributed by atoms with Crippen LogP contribution in [-0.2, 0) is 13.6 Å². The van der Waals surface area contributed by atoms with Gasteiger partial charge in [-0.05, 0) is 20.0 Å². The van der Waals surface area contributed by atoms with Crippen LogP contribution in [-0.4, -0.2) is 16.8 Å². The first kappa shape index (κ1) is 10.9. The lowest BCUT2D eigenvalue weighted by molar-refractivity contribution is 0.765. The Hall–Kier alpha value is -1.61. The van der Waals surface area contributed by atoms with Crippen LogP contribution in [0, 0.1) is 6.92 Å². The van der Waals surface area contributed by atoms with Crippen molar-refractivity contribution in [1.29, 1.82) is 0 Å². The predicted octanol–water partition coefficient (Wildman–Crippen LogP) is 2.11. The molecule has 0 spiro atoms. The summed E-state index contributed by atoms with van der Waals surface area (Å²) in [5, 5.41) is 7.69. The summed E-state index contributed by atoms with van der Waals surface area (Å²) in [4.78, 5) is 0. The van der Waals surface area contributed by atoms with Gasteiger partial charge in [-0.1, -0.05) is 23.8 Å². The summed E-state index contributed by atoms with van der Waals surface area (Å²) < 4.78 is 1.87. The van der Waals surface area contributed by atoms with Gasteiger partial charge in [0.25, 0.3) is 0 Å². The van der Waals surface area contributed by atoms with Gasteiger partial charge in [-0.15, -0.1) is 0 Å². The van der Waals surface area contributed by atoms with E-state index in [2.05, 4.69) is 47.8 Å². The van der Waals surface area contributed by atoms with Crippen LogP contribution in [0.1, 0.15) is 11.1 Å². The minimum atomic E-state index is 0.844. The zero-order chi connectivity index (χ0) is 11.5. The number of rotatable bonds is 3. The molecule has 2 rings (SSSR count). The smallest absolute Gasteiger partial charge is 0.0968 e. The molecule has 84 valence electrons. The van der Waals surface area contributed by atoms with Crippen molar-refractivity contribution in [3.05, 3.63) is 41.6 Å². The van der Waals surface area contributed by atoms with Gasteiger partial charge in [0.05, 0.1) is 5.69 Å². The molecule has 2 aromatic rings. The van der Waals surface area contributed by atoms with Gasteiger partial charge in [-0.2, -0.15) is 5.10 Å². The molecule has 0 aliphatic rings. The fourth-order valence-corrected chi connectivity index (χ4v) is 1.89. The number of hydrogen-bond donors (Lipinski definition) is 1. The van der Waals surface area contributed by atoms with Crippen LogP contribution in [0.2, 0.25) is 0 Å². The first-order valence-electron chi connectivity index (χ1n) is 5.45. The molecule has 1 heterocycles. The summed E-state index contributed by atoms with van der Waals surface area (Å²) in [5.41, 5.74) is 4.75. The number of benzene rings is 1. The standard InChI is InChI=1S/C13H17N3/c1-10-5-4-6-11(7-10)13-12(8-14-2)9-16(3)15-13/h4-7,9,14H,8H2,1-3H3. The van der Waals surface area contributed by atoms with Gasteiger partial charge >= 0.3 is 0 Å². The third kappa shape index (κ3) is 2.14. The molecule has 0 radical (unpaired) electrons. The summed E-state index contributed by atoms with van der Waals surface area (Å²) >= 11 is 0. The zero-order valence-electron chi connectivity index (χ0n) is 9.99. The van der Waals surface area contributed by atoms with E-state index in [0.29, 0.717) is 0 Å². The van der Waals surface area contributed by atoms with Gasteiger partial charge < -0.3 is 5.32 Å². The zero-order valence-corrected chi connectivity index (χ0v) is 9.99. The number of hydrogen-bond acceptors (Lipinski definition) is 2. The van der Waals surface area contributed by atoms with E-state index in [0.717, 1.165) is 12.2 Å². The van der Waals surface area contributed by atoms with Gasteiger partial charge in [0, 0.05) is 30.9 Å². The summed E-state index contributed by atoms with van der Waals surface area (Å²) in [6, 6.07) is 8.45. The van der Waals surface area contributed by atoms with Crippen LogP contribution >= 0.6 is 0 Å². The Morgan fingerprint density at radius 2 is 2.19 bits per heavy atom. The fourth-order valence-electron chi connectivity index (χ4n) is 1.89. The van der Waals surface area contributed by atoms with Crippen molar-refractivity contribution in [2.45, 2.75) is 13.5 Å². The van der Waals surface area contributed by atoms with E-state index < -0.39 is 0 Å². The van der Waals surface area contributed by atoms with Crippen molar-refractivity contribution in [1.82, 2.24) is 15.1 Å². The number of aromatic nitrogens is 2. The van der Waals surface area contributed by atoms with Gasteiger partial charge in [0.2, 0.25) is 0 Å². The molecular formula is C13H17N3. The lowest BCUT2D eigenvalue weighted by Crippen LogP contribution is -2.05. The van der Waals surface area contributed by atoms with Crippen LogP contribution in [0.3, 0.4) is 0 Å². The molecule has 1 aromatic heterocycles. The van der Waals surface area contributed by atoms with Crippen molar-refractivity contribution in [2.24, 2.45) is 7.05 Å². The van der Waals surface area contributed by atoms with Crippen molar-refractivity contribution in [3.63, 3.8) is 0 Å². The van der Waals surface area contributed by atoms with Crippen LogP contribution in [0.4, 0.5) is 0 Å². The van der Waals surface area contributed by atoms with Crippen LogP contribution < -0.4 is 5.32 Å². The van der Waals surface area contributed by atoms with Gasteiger partial charge in [-0.25, -0.2) is 0 Å². The van der Waals surface area contributed by atoms with Gasteiger partial charge in [0.15, 0.2) is 0 Å². The number of nitrogens with zero attached hydrogens (tertiary/aromatic N) is 2. The summed E-state index contributed by atoms with van der Waals surface area (Å²) in [5.74, 6) is 0. The molecular weight excluding hydrogens is 198 g/mol. The molecule has 0 unspecified atom stereocenters. The summed E-state index contributed by atoms with van der Waals surface area (Å²) in [6.07, 6.45) is 2.06. The van der Waals surface area contributed by atoms with E-state index in [-0.39, 0.29) is 0 Å². The lowest BCUT2D eigenvalue weighted by atomic mass is 10.1. The Labute approximate surface area is 96.1 Å². The molecule has 0 amide bonds. The van der Waals surface area contributed by atoms with E-state index >= 15 is 0 Å². The Bertz CT molecular complexity index is 486. The average molecular weight is 215 g/mol. The molecule has 0 aliphatic carbocycles. The maximum Gasteiger partial charge on any atom is 0.0968 e. The predicted molar refractivity (Wildman–Crippen MR) is 66.1 cm³/mol. The Morgan fingerprint density at radius 1 is 1.38 bits per heavy atom. The molecule has 1 aromatic carbocycles. The topological polar surface area (TPSA) is 29.9 Å². The van der Waals surface area contributed by atoms with Crippen molar-refractivity contribution in [2.75, 3.05) is 7.05 Å². The SMILES string of the molecule is CNCc1cn(C)nc1-c1cccc(C)c1. The molecule has 16 heavy (non-hydrogen) atoms. The average Bonchev–Trinajstić information content (AvgIpc) is 2.60. The minimum absolute atomic E-state index is 0.844.